The highest BCUT2D eigenvalue weighted by Gasteiger charge is 2.31. The molecule has 0 radical (unpaired) electrons. The second-order valence-electron chi connectivity index (χ2n) is 3.77. The van der Waals surface area contributed by atoms with E-state index in [-0.39, 0.29) is 16.3 Å². The summed E-state index contributed by atoms with van der Waals surface area (Å²) in [5, 5.41) is 0.497. The fourth-order valence-electron chi connectivity index (χ4n) is 1.56. The van der Waals surface area contributed by atoms with E-state index in [4.69, 9.17) is 23.2 Å². The molecule has 2 rings (SSSR count). The lowest BCUT2D eigenvalue weighted by Gasteiger charge is -2.09. The number of nitrogens with one attached hydrogen (secondary N) is 1. The fourth-order valence-corrected chi connectivity index (χ4v) is 1.95. The monoisotopic (exact) mass is 307 g/mol. The number of benzene rings is 1. The van der Waals surface area contributed by atoms with Gasteiger partial charge >= 0.3 is 6.18 Å². The van der Waals surface area contributed by atoms with E-state index >= 15 is 0 Å². The molecule has 1 aromatic carbocycles. The second-order valence-corrected chi connectivity index (χ2v) is 4.61. The van der Waals surface area contributed by atoms with Gasteiger partial charge in [0, 0.05) is 21.7 Å². The Morgan fingerprint density at radius 2 is 1.74 bits per heavy atom. The molecule has 1 heterocycles. The van der Waals surface area contributed by atoms with Crippen molar-refractivity contribution in [2.45, 2.75) is 6.18 Å². The molecular formula is C12H6Cl2F3NO. The molecule has 0 amide bonds. The molecule has 0 unspecified atom stereocenters. The highest BCUT2D eigenvalue weighted by Crippen LogP contribution is 2.33. The third-order valence-electron chi connectivity index (χ3n) is 2.39. The van der Waals surface area contributed by atoms with E-state index in [0.29, 0.717) is 11.1 Å². The Bertz CT molecular complexity index is 679. The van der Waals surface area contributed by atoms with Gasteiger partial charge in [-0.2, -0.15) is 13.2 Å². The first-order chi connectivity index (χ1) is 8.77. The largest absolute Gasteiger partial charge is 0.416 e. The van der Waals surface area contributed by atoms with Gasteiger partial charge in [0.2, 0.25) is 5.56 Å². The van der Waals surface area contributed by atoms with Crippen molar-refractivity contribution in [1.29, 1.82) is 0 Å². The summed E-state index contributed by atoms with van der Waals surface area (Å²) in [4.78, 5) is 13.6. The molecule has 100 valence electrons. The lowest BCUT2D eigenvalue weighted by molar-refractivity contribution is -0.137. The lowest BCUT2D eigenvalue weighted by atomic mass is 10.1. The summed E-state index contributed by atoms with van der Waals surface area (Å²) < 4.78 is 37.9. The minimum Gasteiger partial charge on any atom is -0.322 e. The Labute approximate surface area is 115 Å². The summed E-state index contributed by atoms with van der Waals surface area (Å²) in [5.41, 5.74) is -1.70. The van der Waals surface area contributed by atoms with Gasteiger partial charge in [0.1, 0.15) is 0 Å². The minimum absolute atomic E-state index is 0.0349. The first-order valence-electron chi connectivity index (χ1n) is 5.04. The summed E-state index contributed by atoms with van der Waals surface area (Å²) in [6, 6.07) is 5.63. The maximum Gasteiger partial charge on any atom is 0.416 e. The van der Waals surface area contributed by atoms with Crippen LogP contribution in [0.3, 0.4) is 0 Å². The zero-order chi connectivity index (χ0) is 14.2. The van der Waals surface area contributed by atoms with Crippen molar-refractivity contribution in [3.8, 4) is 11.3 Å². The third-order valence-corrected chi connectivity index (χ3v) is 2.95. The molecule has 1 aromatic heterocycles. The number of pyridine rings is 1. The Balaban J connectivity index is 2.66. The lowest BCUT2D eigenvalue weighted by Crippen LogP contribution is -2.13. The van der Waals surface area contributed by atoms with E-state index in [1.54, 1.807) is 0 Å². The number of alkyl halides is 3. The third kappa shape index (κ3) is 3.11. The van der Waals surface area contributed by atoms with Crippen LogP contribution in [-0.4, -0.2) is 4.98 Å². The molecule has 0 aliphatic heterocycles. The van der Waals surface area contributed by atoms with Crippen LogP contribution in [0.25, 0.3) is 11.3 Å². The van der Waals surface area contributed by atoms with Gasteiger partial charge in [-0.1, -0.05) is 23.2 Å². The van der Waals surface area contributed by atoms with Crippen LogP contribution in [-0.2, 0) is 6.18 Å². The highest BCUT2D eigenvalue weighted by molar-refractivity contribution is 6.35. The Morgan fingerprint density at radius 3 is 2.37 bits per heavy atom. The summed E-state index contributed by atoms with van der Waals surface area (Å²) in [6.07, 6.45) is -4.60. The number of H-pyrrole nitrogens is 1. The molecule has 2 nitrogen and oxygen atoms in total. The van der Waals surface area contributed by atoms with Crippen molar-refractivity contribution in [2.75, 3.05) is 0 Å². The van der Waals surface area contributed by atoms with Crippen molar-refractivity contribution in [1.82, 2.24) is 4.98 Å². The normalized spacial score (nSPS) is 11.6. The number of rotatable bonds is 1. The van der Waals surface area contributed by atoms with Gasteiger partial charge in [0.15, 0.2) is 0 Å². The summed E-state index contributed by atoms with van der Waals surface area (Å²) in [6.45, 7) is 0. The van der Waals surface area contributed by atoms with Gasteiger partial charge in [-0.05, 0) is 24.3 Å². The molecule has 1 N–H and O–H groups in total. The number of hydrogen-bond acceptors (Lipinski definition) is 1. The first-order valence-corrected chi connectivity index (χ1v) is 5.80. The number of hydrogen-bond donors (Lipinski definition) is 1. The average Bonchev–Trinajstić information content (AvgIpc) is 2.30. The van der Waals surface area contributed by atoms with Crippen molar-refractivity contribution >= 4 is 23.2 Å². The predicted octanol–water partition coefficient (Wildman–Crippen LogP) is 4.37. The van der Waals surface area contributed by atoms with Crippen LogP contribution in [0.1, 0.15) is 5.56 Å². The maximum atomic E-state index is 12.6. The number of aromatic nitrogens is 1. The van der Waals surface area contributed by atoms with Crippen LogP contribution in [0.2, 0.25) is 10.0 Å². The van der Waals surface area contributed by atoms with Crippen molar-refractivity contribution in [3.63, 3.8) is 0 Å². The molecule has 0 fully saturated rings. The van der Waals surface area contributed by atoms with Crippen LogP contribution in [0.4, 0.5) is 13.2 Å². The van der Waals surface area contributed by atoms with Crippen molar-refractivity contribution < 1.29 is 13.2 Å². The highest BCUT2D eigenvalue weighted by atomic mass is 35.5. The van der Waals surface area contributed by atoms with Gasteiger partial charge in [-0.25, -0.2) is 0 Å². The van der Waals surface area contributed by atoms with Crippen LogP contribution in [0, 0.1) is 0 Å². The van der Waals surface area contributed by atoms with Crippen LogP contribution in [0.5, 0.6) is 0 Å². The van der Waals surface area contributed by atoms with E-state index in [1.165, 1.54) is 18.2 Å². The summed E-state index contributed by atoms with van der Waals surface area (Å²) in [7, 11) is 0. The standard InChI is InChI=1S/C12H6Cl2F3NO/c13-7-1-2-9(14)8(5-7)10-3-6(12(15,16)17)4-11(19)18-10/h1-5H,(H,18,19). The van der Waals surface area contributed by atoms with Crippen molar-refractivity contribution in [2.24, 2.45) is 0 Å². The SMILES string of the molecule is O=c1cc(C(F)(F)F)cc(-c2cc(Cl)ccc2Cl)[nH]1. The molecule has 0 spiro atoms. The predicted molar refractivity (Wildman–Crippen MR) is 67.5 cm³/mol. The van der Waals surface area contributed by atoms with Gasteiger partial charge in [0.05, 0.1) is 11.3 Å². The molecule has 19 heavy (non-hydrogen) atoms. The summed E-state index contributed by atoms with van der Waals surface area (Å²) >= 11 is 11.7. The summed E-state index contributed by atoms with van der Waals surface area (Å²) in [5.74, 6) is 0. The van der Waals surface area contributed by atoms with Crippen molar-refractivity contribution in [3.05, 3.63) is 56.3 Å². The van der Waals surface area contributed by atoms with E-state index < -0.39 is 17.3 Å². The van der Waals surface area contributed by atoms with Gasteiger partial charge in [-0.15, -0.1) is 0 Å². The van der Waals surface area contributed by atoms with Crippen LogP contribution >= 0.6 is 23.2 Å². The van der Waals surface area contributed by atoms with Gasteiger partial charge in [0.25, 0.3) is 0 Å². The van der Waals surface area contributed by atoms with E-state index in [1.807, 2.05) is 0 Å². The Morgan fingerprint density at radius 1 is 1.05 bits per heavy atom. The molecule has 0 bridgehead atoms. The maximum absolute atomic E-state index is 12.6. The number of halogens is 5. The zero-order valence-corrected chi connectivity index (χ0v) is 10.7. The molecule has 0 aliphatic rings. The van der Waals surface area contributed by atoms with E-state index in [0.717, 1.165) is 6.07 Å². The average molecular weight is 308 g/mol. The molecule has 0 saturated heterocycles. The molecule has 7 heteroatoms. The second kappa shape index (κ2) is 4.90. The quantitative estimate of drug-likeness (QED) is 0.834. The molecule has 2 aromatic rings. The molecule has 0 atom stereocenters. The zero-order valence-electron chi connectivity index (χ0n) is 9.18. The van der Waals surface area contributed by atoms with Gasteiger partial charge < -0.3 is 4.98 Å². The number of aromatic amines is 1. The van der Waals surface area contributed by atoms with Crippen LogP contribution in [0.15, 0.2) is 35.1 Å². The van der Waals surface area contributed by atoms with Gasteiger partial charge in [-0.3, -0.25) is 4.79 Å². The Hall–Kier alpha value is -1.46. The minimum atomic E-state index is -4.60. The molecular weight excluding hydrogens is 302 g/mol. The molecule has 0 saturated carbocycles. The van der Waals surface area contributed by atoms with E-state index in [9.17, 15) is 18.0 Å². The fraction of sp³-hybridized carbons (Fsp3) is 0.0833. The topological polar surface area (TPSA) is 32.9 Å². The molecule has 0 aliphatic carbocycles. The Kier molecular flexibility index (Phi) is 3.60. The first kappa shape index (κ1) is 14.0. The van der Waals surface area contributed by atoms with Crippen LogP contribution < -0.4 is 5.56 Å². The van der Waals surface area contributed by atoms with E-state index in [2.05, 4.69) is 4.98 Å². The smallest absolute Gasteiger partial charge is 0.322 e.